The Kier molecular flexibility index (Phi) is 7.71. The first-order valence-corrected chi connectivity index (χ1v) is 11.9. The first kappa shape index (κ1) is 25.7. The molecule has 9 heteroatoms. The summed E-state index contributed by atoms with van der Waals surface area (Å²) < 4.78 is 21.3. The molecule has 0 aromatic heterocycles. The number of nitrogens with one attached hydrogen (secondary N) is 2. The molecule has 1 aliphatic heterocycles. The third-order valence-corrected chi connectivity index (χ3v) is 6.21. The van der Waals surface area contributed by atoms with E-state index < -0.39 is 0 Å². The molecule has 4 rings (SSSR count). The number of nitrogens with zero attached hydrogens (tertiary/aromatic N) is 1. The highest BCUT2D eigenvalue weighted by Gasteiger charge is 2.36. The van der Waals surface area contributed by atoms with Crippen LogP contribution in [-0.4, -0.2) is 51.7 Å². The molecule has 0 saturated heterocycles. The van der Waals surface area contributed by atoms with Gasteiger partial charge in [-0.3, -0.25) is 9.59 Å². The lowest BCUT2D eigenvalue weighted by molar-refractivity contribution is 0.0743. The number of benzene rings is 3. The number of carbonyl (C=O) groups is 2. The van der Waals surface area contributed by atoms with Crippen molar-refractivity contribution in [3.8, 4) is 23.0 Å². The van der Waals surface area contributed by atoms with Crippen LogP contribution in [0, 0.1) is 0 Å². The molecule has 3 aromatic carbocycles. The van der Waals surface area contributed by atoms with Gasteiger partial charge in [0.1, 0.15) is 6.17 Å². The number of carbonyl (C=O) groups excluding carboxylic acids is 2. The topological polar surface area (TPSA) is 98.4 Å². The molecule has 2 amide bonds. The summed E-state index contributed by atoms with van der Waals surface area (Å²) >= 11 is 0. The van der Waals surface area contributed by atoms with Gasteiger partial charge < -0.3 is 34.5 Å². The van der Waals surface area contributed by atoms with Crippen molar-refractivity contribution >= 4 is 23.2 Å². The predicted octanol–water partition coefficient (Wildman–Crippen LogP) is 4.95. The van der Waals surface area contributed by atoms with Crippen LogP contribution >= 0.6 is 0 Å². The Balaban J connectivity index is 1.61. The number of amides is 2. The zero-order valence-corrected chi connectivity index (χ0v) is 21.6. The second kappa shape index (κ2) is 11.1. The van der Waals surface area contributed by atoms with Gasteiger partial charge in [0.15, 0.2) is 23.0 Å². The molecule has 1 aliphatic rings. The number of hydrogen-bond acceptors (Lipinski definition) is 7. The summed E-state index contributed by atoms with van der Waals surface area (Å²) in [4.78, 5) is 28.2. The molecule has 0 bridgehead atoms. The van der Waals surface area contributed by atoms with Gasteiger partial charge in [0, 0.05) is 46.7 Å². The zero-order valence-electron chi connectivity index (χ0n) is 21.6. The van der Waals surface area contributed by atoms with Gasteiger partial charge in [-0.05, 0) is 42.8 Å². The van der Waals surface area contributed by atoms with Gasteiger partial charge in [-0.15, -0.1) is 0 Å². The number of ether oxygens (including phenoxy) is 4. The molecule has 0 fully saturated rings. The Labute approximate surface area is 216 Å². The van der Waals surface area contributed by atoms with Crippen LogP contribution in [0.15, 0.2) is 54.6 Å². The maximum atomic E-state index is 13.4. The average molecular weight is 506 g/mol. The van der Waals surface area contributed by atoms with E-state index in [1.807, 2.05) is 31.2 Å². The number of anilines is 2. The van der Waals surface area contributed by atoms with E-state index in [0.717, 1.165) is 17.7 Å². The molecule has 0 aliphatic carbocycles. The molecule has 0 radical (unpaired) electrons. The maximum absolute atomic E-state index is 13.4. The molecular weight excluding hydrogens is 474 g/mol. The molecular formula is C28H31N3O6. The van der Waals surface area contributed by atoms with Crippen LogP contribution < -0.4 is 29.6 Å². The highest BCUT2D eigenvalue weighted by Crippen LogP contribution is 2.37. The van der Waals surface area contributed by atoms with E-state index >= 15 is 0 Å². The van der Waals surface area contributed by atoms with E-state index in [1.165, 1.54) is 7.11 Å². The van der Waals surface area contributed by atoms with Crippen molar-refractivity contribution in [1.82, 2.24) is 4.90 Å². The summed E-state index contributed by atoms with van der Waals surface area (Å²) in [7, 11) is 6.24. The van der Waals surface area contributed by atoms with E-state index in [1.54, 1.807) is 56.6 Å². The summed E-state index contributed by atoms with van der Waals surface area (Å²) in [5, 5.41) is 6.30. The van der Waals surface area contributed by atoms with Crippen molar-refractivity contribution in [2.75, 3.05) is 45.6 Å². The van der Waals surface area contributed by atoms with Crippen molar-refractivity contribution in [3.63, 3.8) is 0 Å². The molecule has 194 valence electrons. The lowest BCUT2D eigenvalue weighted by atomic mass is 10.0. The van der Waals surface area contributed by atoms with Gasteiger partial charge in [0.2, 0.25) is 0 Å². The summed E-state index contributed by atoms with van der Waals surface area (Å²) in [5.74, 6) is 1.81. The molecule has 0 spiro atoms. The Hall–Kier alpha value is -4.40. The van der Waals surface area contributed by atoms with Gasteiger partial charge in [0.05, 0.1) is 28.4 Å². The van der Waals surface area contributed by atoms with Crippen LogP contribution in [0.25, 0.3) is 0 Å². The first-order chi connectivity index (χ1) is 17.9. The van der Waals surface area contributed by atoms with Crippen LogP contribution in [0.3, 0.4) is 0 Å². The predicted molar refractivity (Wildman–Crippen MR) is 141 cm³/mol. The fourth-order valence-electron chi connectivity index (χ4n) is 4.39. The maximum Gasteiger partial charge on any atom is 0.256 e. The standard InChI is InChI=1S/C28H31N3O6/c1-6-13-31-26(29-18-8-11-22(34-2)24(15-18)36-4)20-10-7-17(14-21(20)28(31)33)27(32)30-19-9-12-23(35-3)25(16-19)37-5/h7-12,14-16,26,29H,6,13H2,1-5H3,(H,30,32)/t26-/m0/s1. The minimum Gasteiger partial charge on any atom is -0.493 e. The molecule has 37 heavy (non-hydrogen) atoms. The van der Waals surface area contributed by atoms with Gasteiger partial charge in [-0.25, -0.2) is 0 Å². The smallest absolute Gasteiger partial charge is 0.256 e. The zero-order chi connectivity index (χ0) is 26.5. The van der Waals surface area contributed by atoms with E-state index in [4.69, 9.17) is 18.9 Å². The normalized spacial score (nSPS) is 14.1. The molecule has 2 N–H and O–H groups in total. The summed E-state index contributed by atoms with van der Waals surface area (Å²) in [6.45, 7) is 2.58. The number of methoxy groups -OCH3 is 4. The Bertz CT molecular complexity index is 1310. The summed E-state index contributed by atoms with van der Waals surface area (Å²) in [6.07, 6.45) is 0.403. The molecule has 1 heterocycles. The highest BCUT2D eigenvalue weighted by molar-refractivity contribution is 6.07. The summed E-state index contributed by atoms with van der Waals surface area (Å²) in [5.41, 5.74) is 3.00. The Morgan fingerprint density at radius 3 is 2.00 bits per heavy atom. The van der Waals surface area contributed by atoms with E-state index in [9.17, 15) is 9.59 Å². The molecule has 9 nitrogen and oxygen atoms in total. The lowest BCUT2D eigenvalue weighted by Crippen LogP contribution is -2.32. The lowest BCUT2D eigenvalue weighted by Gasteiger charge is -2.27. The van der Waals surface area contributed by atoms with Gasteiger partial charge >= 0.3 is 0 Å². The monoisotopic (exact) mass is 505 g/mol. The van der Waals surface area contributed by atoms with Crippen molar-refractivity contribution in [2.24, 2.45) is 0 Å². The molecule has 0 saturated carbocycles. The molecule has 0 unspecified atom stereocenters. The summed E-state index contributed by atoms with van der Waals surface area (Å²) in [6, 6.07) is 15.8. The SMILES string of the molecule is CCCN1C(=O)c2cc(C(=O)Nc3ccc(OC)c(OC)c3)ccc2[C@H]1Nc1ccc(OC)c(OC)c1. The second-order valence-electron chi connectivity index (χ2n) is 8.44. The number of hydrogen-bond donors (Lipinski definition) is 2. The fourth-order valence-corrected chi connectivity index (χ4v) is 4.39. The number of fused-ring (bicyclic) bond motifs is 1. The Morgan fingerprint density at radius 1 is 0.811 bits per heavy atom. The average Bonchev–Trinajstić information content (AvgIpc) is 3.18. The van der Waals surface area contributed by atoms with Gasteiger partial charge in [0.25, 0.3) is 11.8 Å². The highest BCUT2D eigenvalue weighted by atomic mass is 16.5. The van der Waals surface area contributed by atoms with Crippen LogP contribution in [0.1, 0.15) is 45.8 Å². The van der Waals surface area contributed by atoms with Crippen molar-refractivity contribution < 1.29 is 28.5 Å². The fraction of sp³-hybridized carbons (Fsp3) is 0.286. The minimum absolute atomic E-state index is 0.129. The van der Waals surface area contributed by atoms with E-state index in [0.29, 0.717) is 46.4 Å². The van der Waals surface area contributed by atoms with Crippen LogP contribution in [0.2, 0.25) is 0 Å². The Morgan fingerprint density at radius 2 is 1.41 bits per heavy atom. The number of rotatable bonds is 10. The largest absolute Gasteiger partial charge is 0.493 e. The van der Waals surface area contributed by atoms with Crippen LogP contribution in [0.4, 0.5) is 11.4 Å². The van der Waals surface area contributed by atoms with E-state index in [-0.39, 0.29) is 18.0 Å². The van der Waals surface area contributed by atoms with Gasteiger partial charge in [-0.1, -0.05) is 13.0 Å². The second-order valence-corrected chi connectivity index (χ2v) is 8.44. The van der Waals surface area contributed by atoms with Crippen molar-refractivity contribution in [1.29, 1.82) is 0 Å². The molecule has 1 atom stereocenters. The van der Waals surface area contributed by atoms with Crippen LogP contribution in [0.5, 0.6) is 23.0 Å². The van der Waals surface area contributed by atoms with Crippen molar-refractivity contribution in [2.45, 2.75) is 19.5 Å². The van der Waals surface area contributed by atoms with Crippen molar-refractivity contribution in [3.05, 3.63) is 71.3 Å². The quantitative estimate of drug-likeness (QED) is 0.402. The molecule has 3 aromatic rings. The first-order valence-electron chi connectivity index (χ1n) is 11.9. The van der Waals surface area contributed by atoms with E-state index in [2.05, 4.69) is 10.6 Å². The van der Waals surface area contributed by atoms with Crippen LogP contribution in [-0.2, 0) is 0 Å². The third kappa shape index (κ3) is 5.11. The minimum atomic E-state index is -0.386. The third-order valence-electron chi connectivity index (χ3n) is 6.21. The van der Waals surface area contributed by atoms with Gasteiger partial charge in [-0.2, -0.15) is 0 Å².